The lowest BCUT2D eigenvalue weighted by molar-refractivity contribution is 0.818. The number of aromatic nitrogens is 4. The minimum absolute atomic E-state index is 0.0396. The second kappa shape index (κ2) is 4.81. The molecular weight excluding hydrogens is 302 g/mol. The number of imidazole rings is 1. The Morgan fingerprint density at radius 2 is 1.62 bits per heavy atom. The summed E-state index contributed by atoms with van der Waals surface area (Å²) in [6.07, 6.45) is 0. The summed E-state index contributed by atoms with van der Waals surface area (Å²) in [6, 6.07) is 13.7. The summed E-state index contributed by atoms with van der Waals surface area (Å²) < 4.78 is 3.84. The molecule has 4 aromatic rings. The van der Waals surface area contributed by atoms with Crippen LogP contribution in [0.4, 0.5) is 0 Å². The minimum atomic E-state index is -0.0675. The van der Waals surface area contributed by atoms with Crippen molar-refractivity contribution in [1.82, 2.24) is 18.9 Å². The average molecular weight is 311 g/mol. The normalized spacial score (nSPS) is 10.8. The smallest absolute Gasteiger partial charge is 0.179 e. The summed E-state index contributed by atoms with van der Waals surface area (Å²) in [5, 5.41) is 28.1. The SMILES string of the molecule is CCn1c2ccccc2n2c3nc(C#N)c(C#N)nc3c(C#N)c12. The number of fused-ring (bicyclic) bond motifs is 5. The van der Waals surface area contributed by atoms with Crippen LogP contribution >= 0.6 is 0 Å². The molecule has 3 heterocycles. The molecule has 0 N–H and O–H groups in total. The lowest BCUT2D eigenvalue weighted by Gasteiger charge is -2.00. The Morgan fingerprint density at radius 3 is 2.25 bits per heavy atom. The highest BCUT2D eigenvalue weighted by atomic mass is 15.2. The zero-order valence-corrected chi connectivity index (χ0v) is 12.6. The molecule has 0 bridgehead atoms. The monoisotopic (exact) mass is 311 g/mol. The molecule has 0 atom stereocenters. The zero-order chi connectivity index (χ0) is 16.8. The van der Waals surface area contributed by atoms with Gasteiger partial charge in [0.05, 0.1) is 11.0 Å². The lowest BCUT2D eigenvalue weighted by atomic mass is 10.2. The quantitative estimate of drug-likeness (QED) is 0.536. The van der Waals surface area contributed by atoms with E-state index in [1.165, 1.54) is 0 Å². The molecule has 0 radical (unpaired) electrons. The maximum absolute atomic E-state index is 9.67. The molecule has 0 saturated carbocycles. The number of benzene rings is 1. The molecule has 0 saturated heterocycles. The van der Waals surface area contributed by atoms with Crippen LogP contribution in [-0.4, -0.2) is 18.9 Å². The fraction of sp³-hybridized carbons (Fsp3) is 0.118. The zero-order valence-electron chi connectivity index (χ0n) is 12.6. The van der Waals surface area contributed by atoms with Crippen LogP contribution in [0.1, 0.15) is 23.9 Å². The Bertz CT molecular complexity index is 1270. The van der Waals surface area contributed by atoms with E-state index >= 15 is 0 Å². The van der Waals surface area contributed by atoms with Crippen molar-refractivity contribution >= 4 is 27.8 Å². The van der Waals surface area contributed by atoms with Gasteiger partial charge in [0, 0.05) is 6.54 Å². The molecule has 7 nitrogen and oxygen atoms in total. The predicted molar refractivity (Wildman–Crippen MR) is 85.8 cm³/mol. The lowest BCUT2D eigenvalue weighted by Crippen LogP contribution is -1.96. The predicted octanol–water partition coefficient (Wildman–Crippen LogP) is 2.47. The van der Waals surface area contributed by atoms with Crippen LogP contribution in [0.2, 0.25) is 0 Å². The van der Waals surface area contributed by atoms with E-state index in [0.717, 1.165) is 11.0 Å². The summed E-state index contributed by atoms with van der Waals surface area (Å²) in [5.74, 6) is 0. The molecule has 24 heavy (non-hydrogen) atoms. The van der Waals surface area contributed by atoms with E-state index in [-0.39, 0.29) is 11.4 Å². The van der Waals surface area contributed by atoms with E-state index in [0.29, 0.717) is 28.9 Å². The van der Waals surface area contributed by atoms with Crippen molar-refractivity contribution in [3.8, 4) is 18.2 Å². The van der Waals surface area contributed by atoms with Crippen LogP contribution in [0, 0.1) is 34.0 Å². The minimum Gasteiger partial charge on any atom is -0.325 e. The van der Waals surface area contributed by atoms with E-state index in [1.54, 1.807) is 0 Å². The molecule has 0 fully saturated rings. The van der Waals surface area contributed by atoms with Gasteiger partial charge in [0.2, 0.25) is 0 Å². The molecule has 0 aliphatic carbocycles. The fourth-order valence-corrected chi connectivity index (χ4v) is 3.13. The summed E-state index contributed by atoms with van der Waals surface area (Å²) in [4.78, 5) is 8.54. The highest BCUT2D eigenvalue weighted by molar-refractivity contribution is 5.97. The van der Waals surface area contributed by atoms with Gasteiger partial charge in [0.15, 0.2) is 17.0 Å². The molecule has 4 rings (SSSR count). The van der Waals surface area contributed by atoms with Gasteiger partial charge in [-0.15, -0.1) is 0 Å². The Hall–Kier alpha value is -3.89. The number of hydrogen-bond acceptors (Lipinski definition) is 5. The van der Waals surface area contributed by atoms with Crippen molar-refractivity contribution in [2.45, 2.75) is 13.5 Å². The first-order chi connectivity index (χ1) is 11.7. The van der Waals surface area contributed by atoms with Gasteiger partial charge >= 0.3 is 0 Å². The largest absolute Gasteiger partial charge is 0.325 e. The van der Waals surface area contributed by atoms with Gasteiger partial charge in [0.25, 0.3) is 0 Å². The Kier molecular flexibility index (Phi) is 2.75. The van der Waals surface area contributed by atoms with E-state index in [1.807, 2.05) is 52.3 Å². The summed E-state index contributed by atoms with van der Waals surface area (Å²) in [5.41, 5.74) is 3.54. The van der Waals surface area contributed by atoms with Crippen molar-refractivity contribution in [2.75, 3.05) is 0 Å². The van der Waals surface area contributed by atoms with Crippen molar-refractivity contribution in [1.29, 1.82) is 15.8 Å². The Balaban J connectivity index is 2.38. The van der Waals surface area contributed by atoms with Gasteiger partial charge in [-0.1, -0.05) is 12.1 Å². The van der Waals surface area contributed by atoms with Gasteiger partial charge in [-0.05, 0) is 19.1 Å². The van der Waals surface area contributed by atoms with Crippen LogP contribution in [-0.2, 0) is 6.54 Å². The van der Waals surface area contributed by atoms with Gasteiger partial charge in [-0.2, -0.15) is 15.8 Å². The topological polar surface area (TPSA) is 106 Å². The van der Waals surface area contributed by atoms with Crippen molar-refractivity contribution in [3.05, 3.63) is 41.2 Å². The summed E-state index contributed by atoms with van der Waals surface area (Å²) in [7, 11) is 0. The second-order valence-corrected chi connectivity index (χ2v) is 5.20. The fourth-order valence-electron chi connectivity index (χ4n) is 3.13. The van der Waals surface area contributed by atoms with E-state index in [2.05, 4.69) is 16.0 Å². The molecule has 1 aromatic carbocycles. The first kappa shape index (κ1) is 13.8. The molecule has 112 valence electrons. The second-order valence-electron chi connectivity index (χ2n) is 5.20. The van der Waals surface area contributed by atoms with Gasteiger partial charge in [0.1, 0.15) is 34.9 Å². The average Bonchev–Trinajstić information content (AvgIpc) is 3.11. The summed E-state index contributed by atoms with van der Waals surface area (Å²) >= 11 is 0. The number of aryl methyl sites for hydroxylation is 1. The van der Waals surface area contributed by atoms with Gasteiger partial charge < -0.3 is 4.57 Å². The van der Waals surface area contributed by atoms with E-state index in [4.69, 9.17) is 0 Å². The molecule has 0 aliphatic heterocycles. The molecule has 0 unspecified atom stereocenters. The highest BCUT2D eigenvalue weighted by Crippen LogP contribution is 2.31. The molecule has 0 spiro atoms. The van der Waals surface area contributed by atoms with E-state index in [9.17, 15) is 15.8 Å². The van der Waals surface area contributed by atoms with Gasteiger partial charge in [-0.25, -0.2) is 9.97 Å². The number of hydrogen-bond donors (Lipinski definition) is 0. The third kappa shape index (κ3) is 1.52. The van der Waals surface area contributed by atoms with E-state index < -0.39 is 0 Å². The van der Waals surface area contributed by atoms with Crippen LogP contribution in [0.5, 0.6) is 0 Å². The van der Waals surface area contributed by atoms with Crippen LogP contribution in [0.3, 0.4) is 0 Å². The molecular formula is C17H9N7. The van der Waals surface area contributed by atoms with Gasteiger partial charge in [-0.3, -0.25) is 4.40 Å². The molecule has 0 aliphatic rings. The number of para-hydroxylation sites is 2. The van der Waals surface area contributed by atoms with Crippen molar-refractivity contribution < 1.29 is 0 Å². The number of nitriles is 3. The third-order valence-electron chi connectivity index (χ3n) is 4.07. The van der Waals surface area contributed by atoms with Crippen molar-refractivity contribution in [2.24, 2.45) is 0 Å². The maximum atomic E-state index is 9.67. The molecule has 7 heteroatoms. The standard InChI is InChI=1S/C17H9N7/c1-2-23-13-5-3-4-6-14(13)24-16-15(10(7-18)17(23)24)21-11(8-19)12(9-20)22-16/h3-6H,2H2,1H3. The van der Waals surface area contributed by atoms with Crippen LogP contribution < -0.4 is 0 Å². The maximum Gasteiger partial charge on any atom is 0.179 e. The first-order valence-electron chi connectivity index (χ1n) is 7.28. The molecule has 0 amide bonds. The van der Waals surface area contributed by atoms with Crippen LogP contribution in [0.25, 0.3) is 27.8 Å². The first-order valence-corrected chi connectivity index (χ1v) is 7.28. The Morgan fingerprint density at radius 1 is 0.958 bits per heavy atom. The highest BCUT2D eigenvalue weighted by Gasteiger charge is 2.23. The van der Waals surface area contributed by atoms with Crippen molar-refractivity contribution in [3.63, 3.8) is 0 Å². The Labute approximate surface area is 136 Å². The number of nitrogens with zero attached hydrogens (tertiary/aromatic N) is 7. The van der Waals surface area contributed by atoms with Crippen LogP contribution in [0.15, 0.2) is 24.3 Å². The number of rotatable bonds is 1. The molecule has 3 aromatic heterocycles. The third-order valence-corrected chi connectivity index (χ3v) is 4.07. The summed E-state index contributed by atoms with van der Waals surface area (Å²) in [6.45, 7) is 2.66.